The molecule has 6 heteroatoms. The van der Waals surface area contributed by atoms with E-state index in [2.05, 4.69) is 35.4 Å². The van der Waals surface area contributed by atoms with Gasteiger partial charge in [-0.2, -0.15) is 0 Å². The number of aliphatic imine (C=N–C) groups is 1. The van der Waals surface area contributed by atoms with Crippen molar-refractivity contribution < 1.29 is 14.6 Å². The lowest BCUT2D eigenvalue weighted by Gasteiger charge is -2.20. The summed E-state index contributed by atoms with van der Waals surface area (Å²) in [7, 11) is 1.60. The highest BCUT2D eigenvalue weighted by atomic mass is 16.5. The van der Waals surface area contributed by atoms with Crippen molar-refractivity contribution in [3.63, 3.8) is 0 Å². The molecule has 0 heterocycles. The van der Waals surface area contributed by atoms with Crippen LogP contribution in [-0.4, -0.2) is 44.5 Å². The maximum Gasteiger partial charge on any atom is 0.191 e. The zero-order chi connectivity index (χ0) is 20.8. The Morgan fingerprint density at radius 2 is 2.07 bits per heavy atom. The minimum atomic E-state index is 0.190. The van der Waals surface area contributed by atoms with Gasteiger partial charge in [0.15, 0.2) is 17.5 Å². The first-order valence-corrected chi connectivity index (χ1v) is 9.90. The third-order valence-electron chi connectivity index (χ3n) is 4.20. The lowest BCUT2D eigenvalue weighted by atomic mass is 9.94. The van der Waals surface area contributed by atoms with Gasteiger partial charge >= 0.3 is 0 Å². The van der Waals surface area contributed by atoms with Crippen molar-refractivity contribution in [2.75, 3.05) is 33.4 Å². The summed E-state index contributed by atoms with van der Waals surface area (Å²) in [5.41, 5.74) is 0.999. The lowest BCUT2D eigenvalue weighted by Crippen LogP contribution is -2.40. The van der Waals surface area contributed by atoms with E-state index in [-0.39, 0.29) is 13.2 Å². The lowest BCUT2D eigenvalue weighted by molar-refractivity contribution is 0.243. The highest BCUT2D eigenvalue weighted by Crippen LogP contribution is 2.28. The Balaban J connectivity index is 2.79. The van der Waals surface area contributed by atoms with Crippen LogP contribution in [0.2, 0.25) is 0 Å². The summed E-state index contributed by atoms with van der Waals surface area (Å²) in [6, 6.07) is 5.72. The van der Waals surface area contributed by atoms with Crippen molar-refractivity contribution in [1.29, 1.82) is 0 Å². The molecule has 3 N–H and O–H groups in total. The second kappa shape index (κ2) is 13.7. The summed E-state index contributed by atoms with van der Waals surface area (Å²) in [6.07, 6.45) is 7.14. The van der Waals surface area contributed by atoms with Gasteiger partial charge in [0.1, 0.15) is 6.61 Å². The van der Waals surface area contributed by atoms with E-state index in [4.69, 9.17) is 15.9 Å². The van der Waals surface area contributed by atoms with Crippen molar-refractivity contribution in [2.45, 2.75) is 40.2 Å². The fourth-order valence-corrected chi connectivity index (χ4v) is 2.96. The van der Waals surface area contributed by atoms with Crippen molar-refractivity contribution in [3.05, 3.63) is 23.8 Å². The Morgan fingerprint density at radius 1 is 1.29 bits per heavy atom. The van der Waals surface area contributed by atoms with Crippen LogP contribution in [0.4, 0.5) is 0 Å². The van der Waals surface area contributed by atoms with Gasteiger partial charge in [-0.3, -0.25) is 0 Å². The van der Waals surface area contributed by atoms with E-state index in [1.54, 1.807) is 7.11 Å². The molecular formula is C22H35N3O3. The molecule has 1 rings (SSSR count). The summed E-state index contributed by atoms with van der Waals surface area (Å²) >= 11 is 0. The first kappa shape index (κ1) is 23.6. The molecule has 1 unspecified atom stereocenters. The topological polar surface area (TPSA) is 75.1 Å². The molecule has 156 valence electrons. The summed E-state index contributed by atoms with van der Waals surface area (Å²) in [5, 5.41) is 16.0. The van der Waals surface area contributed by atoms with Gasteiger partial charge in [0, 0.05) is 19.7 Å². The monoisotopic (exact) mass is 389 g/mol. The maximum atomic E-state index is 9.29. The molecule has 0 aliphatic carbocycles. The van der Waals surface area contributed by atoms with Crippen molar-refractivity contribution in [3.8, 4) is 23.8 Å². The molecule has 0 aliphatic heterocycles. The number of benzene rings is 1. The van der Waals surface area contributed by atoms with Gasteiger partial charge in [-0.05, 0) is 49.3 Å². The number of nitrogens with zero attached hydrogens (tertiary/aromatic N) is 1. The van der Waals surface area contributed by atoms with E-state index >= 15 is 0 Å². The van der Waals surface area contributed by atoms with E-state index in [1.165, 1.54) is 0 Å². The summed E-state index contributed by atoms with van der Waals surface area (Å²) in [4.78, 5) is 4.67. The molecule has 1 aromatic rings. The van der Waals surface area contributed by atoms with Crippen LogP contribution in [-0.2, 0) is 6.54 Å². The summed E-state index contributed by atoms with van der Waals surface area (Å²) in [5.74, 6) is 5.50. The molecule has 0 aliphatic rings. The second-order valence-electron chi connectivity index (χ2n) is 7.06. The average Bonchev–Trinajstić information content (AvgIpc) is 2.68. The highest BCUT2D eigenvalue weighted by Gasteiger charge is 2.11. The van der Waals surface area contributed by atoms with Crippen molar-refractivity contribution >= 4 is 5.96 Å². The fourth-order valence-electron chi connectivity index (χ4n) is 2.96. The van der Waals surface area contributed by atoms with Crippen LogP contribution in [0.25, 0.3) is 0 Å². The number of guanidine groups is 1. The molecule has 0 saturated heterocycles. The van der Waals surface area contributed by atoms with E-state index in [0.29, 0.717) is 29.9 Å². The number of methoxy groups -OCH3 is 1. The third-order valence-corrected chi connectivity index (χ3v) is 4.20. The zero-order valence-corrected chi connectivity index (χ0v) is 17.6. The first-order chi connectivity index (χ1) is 13.5. The van der Waals surface area contributed by atoms with Gasteiger partial charge < -0.3 is 25.2 Å². The quantitative estimate of drug-likeness (QED) is 0.291. The number of nitrogens with one attached hydrogen (secondary N) is 2. The molecule has 28 heavy (non-hydrogen) atoms. The van der Waals surface area contributed by atoms with Crippen LogP contribution in [0.15, 0.2) is 23.2 Å². The molecule has 0 bridgehead atoms. The van der Waals surface area contributed by atoms with Gasteiger partial charge in [0.2, 0.25) is 0 Å². The Bertz CT molecular complexity index is 638. The molecule has 0 radical (unpaired) electrons. The fraction of sp³-hybridized carbons (Fsp3) is 0.591. The standard InChI is InChI=1S/C22H35N3O3/c1-6-12-28-21-14-18(8-9-20(21)27-5)15-24-22(23-7-2)25-16-19(10-11-26)13-17(3)4/h1,8-9,14,17,19,26H,7,10-13,15-16H2,2-5H3,(H2,23,24,25). The third kappa shape index (κ3) is 9.01. The molecule has 0 spiro atoms. The second-order valence-corrected chi connectivity index (χ2v) is 7.06. The normalized spacial score (nSPS) is 12.4. The Morgan fingerprint density at radius 3 is 2.68 bits per heavy atom. The van der Waals surface area contributed by atoms with Gasteiger partial charge in [0.05, 0.1) is 13.7 Å². The van der Waals surface area contributed by atoms with Crippen LogP contribution < -0.4 is 20.1 Å². The molecule has 0 amide bonds. The van der Waals surface area contributed by atoms with E-state index in [9.17, 15) is 5.11 Å². The number of terminal acetylenes is 1. The number of aliphatic hydroxyl groups is 1. The molecular weight excluding hydrogens is 354 g/mol. The minimum Gasteiger partial charge on any atom is -0.493 e. The Kier molecular flexibility index (Phi) is 11.6. The first-order valence-electron chi connectivity index (χ1n) is 9.90. The molecule has 1 atom stereocenters. The molecule has 0 saturated carbocycles. The number of hydrogen-bond acceptors (Lipinski definition) is 4. The largest absolute Gasteiger partial charge is 0.493 e. The van der Waals surface area contributed by atoms with Crippen LogP contribution in [0, 0.1) is 24.2 Å². The van der Waals surface area contributed by atoms with Crippen LogP contribution in [0.3, 0.4) is 0 Å². The van der Waals surface area contributed by atoms with Gasteiger partial charge in [-0.15, -0.1) is 6.42 Å². The van der Waals surface area contributed by atoms with Crippen LogP contribution in [0.5, 0.6) is 11.5 Å². The average molecular weight is 390 g/mol. The molecule has 6 nitrogen and oxygen atoms in total. The highest BCUT2D eigenvalue weighted by molar-refractivity contribution is 5.79. The number of rotatable bonds is 12. The van der Waals surface area contributed by atoms with E-state index in [1.807, 2.05) is 25.1 Å². The van der Waals surface area contributed by atoms with E-state index < -0.39 is 0 Å². The maximum absolute atomic E-state index is 9.29. The molecule has 0 fully saturated rings. The number of hydrogen-bond donors (Lipinski definition) is 3. The number of aliphatic hydroxyl groups excluding tert-OH is 1. The minimum absolute atomic E-state index is 0.190. The van der Waals surface area contributed by atoms with Gasteiger partial charge in [-0.25, -0.2) is 4.99 Å². The van der Waals surface area contributed by atoms with Crippen LogP contribution in [0.1, 0.15) is 39.2 Å². The van der Waals surface area contributed by atoms with Gasteiger partial charge in [0.25, 0.3) is 0 Å². The van der Waals surface area contributed by atoms with Crippen molar-refractivity contribution in [2.24, 2.45) is 16.8 Å². The Hall–Kier alpha value is -2.39. The Labute approximate surface area is 169 Å². The van der Waals surface area contributed by atoms with Gasteiger partial charge in [-0.1, -0.05) is 25.8 Å². The van der Waals surface area contributed by atoms with E-state index in [0.717, 1.165) is 37.5 Å². The predicted octanol–water partition coefficient (Wildman–Crippen LogP) is 2.81. The summed E-state index contributed by atoms with van der Waals surface area (Å²) in [6.45, 7) is 8.90. The molecule has 1 aromatic carbocycles. The summed E-state index contributed by atoms with van der Waals surface area (Å²) < 4.78 is 10.9. The predicted molar refractivity (Wildman–Crippen MR) is 115 cm³/mol. The number of ether oxygens (including phenoxy) is 2. The smallest absolute Gasteiger partial charge is 0.191 e. The van der Waals surface area contributed by atoms with Crippen LogP contribution >= 0.6 is 0 Å². The molecule has 0 aromatic heterocycles. The zero-order valence-electron chi connectivity index (χ0n) is 17.6. The SMILES string of the molecule is C#CCOc1cc(CN=C(NCC)NCC(CCO)CC(C)C)ccc1OC. The van der Waals surface area contributed by atoms with Crippen molar-refractivity contribution in [1.82, 2.24) is 10.6 Å².